The molecular formula is C22H28N4O4S. The topological polar surface area (TPSA) is 99.2 Å². The van der Waals surface area contributed by atoms with Gasteiger partial charge in [0.25, 0.3) is 0 Å². The van der Waals surface area contributed by atoms with Crippen molar-refractivity contribution < 1.29 is 18.8 Å². The molecule has 3 heterocycles. The van der Waals surface area contributed by atoms with Gasteiger partial charge in [0.15, 0.2) is 11.0 Å². The summed E-state index contributed by atoms with van der Waals surface area (Å²) in [6.07, 6.45) is 5.51. The monoisotopic (exact) mass is 444 g/mol. The van der Waals surface area contributed by atoms with Gasteiger partial charge in [0, 0.05) is 25.2 Å². The third-order valence-electron chi connectivity index (χ3n) is 6.17. The van der Waals surface area contributed by atoms with Crippen molar-refractivity contribution in [2.24, 2.45) is 5.92 Å². The second-order valence-electron chi connectivity index (χ2n) is 8.68. The van der Waals surface area contributed by atoms with E-state index < -0.39 is 17.0 Å². The molecule has 31 heavy (non-hydrogen) atoms. The predicted octanol–water partition coefficient (Wildman–Crippen LogP) is 3.62. The highest BCUT2D eigenvalue weighted by atomic mass is 32.2. The number of carboxylic acid groups (broad SMARTS) is 1. The molecule has 0 aliphatic carbocycles. The number of aromatic nitrogens is 4. The van der Waals surface area contributed by atoms with Gasteiger partial charge in [-0.3, -0.25) is 0 Å². The van der Waals surface area contributed by atoms with Crippen molar-refractivity contribution in [3.05, 3.63) is 42.0 Å². The van der Waals surface area contributed by atoms with Gasteiger partial charge in [0.05, 0.1) is 33.9 Å². The van der Waals surface area contributed by atoms with Crippen LogP contribution in [0.25, 0.3) is 11.0 Å². The molecule has 0 amide bonds. The molecule has 4 rings (SSSR count). The van der Waals surface area contributed by atoms with Crippen LogP contribution in [0.3, 0.4) is 0 Å². The zero-order chi connectivity index (χ0) is 22.2. The summed E-state index contributed by atoms with van der Waals surface area (Å²) in [4.78, 5) is 16.6. The second-order valence-corrected chi connectivity index (χ2v) is 10.0. The predicted molar refractivity (Wildman–Crippen MR) is 118 cm³/mol. The van der Waals surface area contributed by atoms with E-state index in [2.05, 4.69) is 30.4 Å². The third kappa shape index (κ3) is 4.29. The molecule has 0 saturated carbocycles. The Morgan fingerprint density at radius 2 is 2.06 bits per heavy atom. The van der Waals surface area contributed by atoms with Crippen LogP contribution in [0.5, 0.6) is 0 Å². The van der Waals surface area contributed by atoms with Crippen molar-refractivity contribution in [3.63, 3.8) is 0 Å². The molecule has 1 aromatic carbocycles. The highest BCUT2D eigenvalue weighted by Gasteiger charge is 2.28. The van der Waals surface area contributed by atoms with E-state index in [1.807, 2.05) is 18.2 Å². The van der Waals surface area contributed by atoms with Gasteiger partial charge >= 0.3 is 5.97 Å². The molecule has 1 N–H and O–H groups in total. The molecule has 1 aliphatic rings. The second kappa shape index (κ2) is 8.55. The zero-order valence-electron chi connectivity index (χ0n) is 18.1. The summed E-state index contributed by atoms with van der Waals surface area (Å²) in [7, 11) is -1.65. The fraction of sp³-hybridized carbons (Fsp3) is 0.500. The van der Waals surface area contributed by atoms with Crippen molar-refractivity contribution in [1.29, 1.82) is 0 Å². The van der Waals surface area contributed by atoms with Crippen molar-refractivity contribution in [3.8, 4) is 0 Å². The van der Waals surface area contributed by atoms with Gasteiger partial charge in [-0.25, -0.2) is 14.0 Å². The summed E-state index contributed by atoms with van der Waals surface area (Å²) in [6, 6.07) is 5.60. The molecule has 2 aromatic heterocycles. The molecule has 166 valence electrons. The first-order valence-corrected chi connectivity index (χ1v) is 11.7. The number of carbonyl (C=O) groups is 1. The summed E-state index contributed by atoms with van der Waals surface area (Å²) in [6.45, 7) is 9.05. The Labute approximate surface area is 183 Å². The fourth-order valence-electron chi connectivity index (χ4n) is 3.88. The van der Waals surface area contributed by atoms with Crippen LogP contribution in [-0.2, 0) is 27.7 Å². The SMILES string of the molecule is CCC(C)(C)c1nc2cc(S(=O)n3cc(C(=O)O)cn3)ccc2n1CC1CCOCC1. The number of rotatable bonds is 7. The Kier molecular flexibility index (Phi) is 5.98. The maximum absolute atomic E-state index is 13.0. The summed E-state index contributed by atoms with van der Waals surface area (Å²) in [5, 5.41) is 13.0. The maximum Gasteiger partial charge on any atom is 0.338 e. The fourth-order valence-corrected chi connectivity index (χ4v) is 4.83. The molecule has 1 aliphatic heterocycles. The minimum absolute atomic E-state index is 0.00199. The van der Waals surface area contributed by atoms with Crippen LogP contribution in [-0.4, -0.2) is 47.2 Å². The van der Waals surface area contributed by atoms with Crippen LogP contribution < -0.4 is 0 Å². The van der Waals surface area contributed by atoms with Crippen LogP contribution in [0.1, 0.15) is 56.2 Å². The zero-order valence-corrected chi connectivity index (χ0v) is 18.9. The number of hydrogen-bond donors (Lipinski definition) is 1. The number of fused-ring (bicyclic) bond motifs is 1. The number of benzene rings is 1. The minimum atomic E-state index is -1.65. The van der Waals surface area contributed by atoms with Crippen LogP contribution >= 0.6 is 0 Å². The number of ether oxygens (including phenoxy) is 1. The van der Waals surface area contributed by atoms with Gasteiger partial charge in [-0.15, -0.1) is 0 Å². The van der Waals surface area contributed by atoms with E-state index >= 15 is 0 Å². The Balaban J connectivity index is 1.73. The van der Waals surface area contributed by atoms with E-state index in [-0.39, 0.29) is 11.0 Å². The maximum atomic E-state index is 13.0. The highest BCUT2D eigenvalue weighted by molar-refractivity contribution is 7.83. The van der Waals surface area contributed by atoms with Gasteiger partial charge in [-0.1, -0.05) is 20.8 Å². The van der Waals surface area contributed by atoms with Crippen LogP contribution in [0.4, 0.5) is 0 Å². The van der Waals surface area contributed by atoms with Crippen molar-refractivity contribution in [1.82, 2.24) is 18.7 Å². The van der Waals surface area contributed by atoms with Gasteiger partial charge in [0.2, 0.25) is 0 Å². The molecule has 3 aromatic rings. The summed E-state index contributed by atoms with van der Waals surface area (Å²) in [5.41, 5.74) is 1.72. The van der Waals surface area contributed by atoms with E-state index in [1.54, 1.807) is 0 Å². The molecule has 9 heteroatoms. The highest BCUT2D eigenvalue weighted by Crippen LogP contribution is 2.32. The summed E-state index contributed by atoms with van der Waals surface area (Å²) in [5.74, 6) is 0.480. The molecule has 0 radical (unpaired) electrons. The van der Waals surface area contributed by atoms with E-state index in [9.17, 15) is 9.00 Å². The average molecular weight is 445 g/mol. The molecule has 1 atom stereocenters. The van der Waals surface area contributed by atoms with Crippen molar-refractivity contribution in [2.45, 2.75) is 56.9 Å². The van der Waals surface area contributed by atoms with Crippen molar-refractivity contribution >= 4 is 28.0 Å². The van der Waals surface area contributed by atoms with Crippen LogP contribution in [0, 0.1) is 5.92 Å². The van der Waals surface area contributed by atoms with E-state index in [0.717, 1.165) is 55.9 Å². The van der Waals surface area contributed by atoms with Gasteiger partial charge in [-0.05, 0) is 43.4 Å². The Morgan fingerprint density at radius 1 is 1.32 bits per heavy atom. The Morgan fingerprint density at radius 3 is 2.71 bits per heavy atom. The van der Waals surface area contributed by atoms with Crippen LogP contribution in [0.2, 0.25) is 0 Å². The largest absolute Gasteiger partial charge is 0.478 e. The first kappa shape index (κ1) is 21.7. The minimum Gasteiger partial charge on any atom is -0.478 e. The molecule has 0 spiro atoms. The lowest BCUT2D eigenvalue weighted by atomic mass is 9.89. The molecule has 0 bridgehead atoms. The third-order valence-corrected chi connectivity index (χ3v) is 7.37. The molecular weight excluding hydrogens is 416 g/mol. The normalized spacial score (nSPS) is 16.6. The Hall–Kier alpha value is -2.52. The quantitative estimate of drug-likeness (QED) is 0.598. The number of aromatic carboxylic acids is 1. The van der Waals surface area contributed by atoms with Gasteiger partial charge in [0.1, 0.15) is 5.82 Å². The molecule has 1 saturated heterocycles. The van der Waals surface area contributed by atoms with E-state index in [0.29, 0.717) is 10.8 Å². The van der Waals surface area contributed by atoms with Gasteiger partial charge < -0.3 is 14.4 Å². The summed E-state index contributed by atoms with van der Waals surface area (Å²) < 4.78 is 22.0. The van der Waals surface area contributed by atoms with Crippen LogP contribution in [0.15, 0.2) is 35.5 Å². The average Bonchev–Trinajstić information content (AvgIpc) is 3.40. The standard InChI is InChI=1S/C22H28N4O4S/c1-4-22(2,3)21-24-18-11-17(31(29)26-14-16(12-23-26)20(27)28)5-6-19(18)25(21)13-15-7-9-30-10-8-15/h5-6,11-12,14-15H,4,7-10,13H2,1-3H3,(H,27,28). The first-order chi connectivity index (χ1) is 14.8. The molecule has 1 unspecified atom stereocenters. The van der Waals surface area contributed by atoms with Gasteiger partial charge in [-0.2, -0.15) is 9.19 Å². The number of hydrogen-bond acceptors (Lipinski definition) is 5. The Bertz CT molecular complexity index is 1130. The number of carboxylic acids is 1. The smallest absolute Gasteiger partial charge is 0.338 e. The summed E-state index contributed by atoms with van der Waals surface area (Å²) >= 11 is 0. The number of imidazole rings is 1. The first-order valence-electron chi connectivity index (χ1n) is 10.6. The lowest BCUT2D eigenvalue weighted by Crippen LogP contribution is -2.26. The molecule has 1 fully saturated rings. The van der Waals surface area contributed by atoms with E-state index in [4.69, 9.17) is 14.8 Å². The molecule has 8 nitrogen and oxygen atoms in total. The number of nitrogens with zero attached hydrogens (tertiary/aromatic N) is 4. The lowest BCUT2D eigenvalue weighted by molar-refractivity contribution is 0.0610. The van der Waals surface area contributed by atoms with Crippen molar-refractivity contribution in [2.75, 3.05) is 13.2 Å². The van der Waals surface area contributed by atoms with E-state index in [1.165, 1.54) is 16.5 Å². The lowest BCUT2D eigenvalue weighted by Gasteiger charge is -2.28.